The molecule has 2 atom stereocenters. The maximum Gasteiger partial charge on any atom is 0.128 e. The molecule has 1 aliphatic rings. The third-order valence-corrected chi connectivity index (χ3v) is 4.63. The Balaban J connectivity index is 2.26. The van der Waals surface area contributed by atoms with E-state index in [2.05, 4.69) is 35.5 Å². The van der Waals surface area contributed by atoms with Gasteiger partial charge in [-0.15, -0.1) is 0 Å². The van der Waals surface area contributed by atoms with Crippen molar-refractivity contribution in [3.8, 4) is 5.75 Å². The van der Waals surface area contributed by atoms with Crippen LogP contribution in [0.4, 0.5) is 4.39 Å². The topological polar surface area (TPSA) is 70.0 Å². The number of rotatable bonds is 5. The van der Waals surface area contributed by atoms with Crippen molar-refractivity contribution in [2.24, 2.45) is 5.11 Å². The Morgan fingerprint density at radius 3 is 2.83 bits per heavy atom. The number of ether oxygens (including phenoxy) is 1. The molecule has 0 saturated carbocycles. The smallest absolute Gasteiger partial charge is 0.128 e. The van der Waals surface area contributed by atoms with Gasteiger partial charge < -0.3 is 4.74 Å². The molecule has 0 spiro atoms. The van der Waals surface area contributed by atoms with Crippen molar-refractivity contribution in [2.45, 2.75) is 57.4 Å². The highest BCUT2D eigenvalue weighted by molar-refractivity contribution is 7.98. The fourth-order valence-corrected chi connectivity index (χ4v) is 3.19. The number of hydrogen-bond acceptors (Lipinski definition) is 4. The van der Waals surface area contributed by atoms with Gasteiger partial charge in [0.15, 0.2) is 0 Å². The summed E-state index contributed by atoms with van der Waals surface area (Å²) in [4.78, 5) is 2.79. The molecule has 1 aromatic carbocycles. The lowest BCUT2D eigenvalue weighted by molar-refractivity contribution is 0.124. The molecular weight excluding hydrogens is 315 g/mol. The number of benzene rings is 1. The standard InChI is InChI=1S/C16H23FN4OS/c1-10(20-23-15(2,3)4)13-7-12(17)6-11-8-16(5,9-19-21-18)22-14(11)13/h6-7,10,20H,8-9H2,1-5H3/t10-,16?/m1/s1. The second-order valence-electron chi connectivity index (χ2n) is 7.15. The fourth-order valence-electron chi connectivity index (χ4n) is 2.53. The van der Waals surface area contributed by atoms with Crippen LogP contribution in [0.5, 0.6) is 5.75 Å². The monoisotopic (exact) mass is 338 g/mol. The van der Waals surface area contributed by atoms with E-state index in [0.717, 1.165) is 11.1 Å². The van der Waals surface area contributed by atoms with Crippen molar-refractivity contribution in [1.82, 2.24) is 4.72 Å². The van der Waals surface area contributed by atoms with Gasteiger partial charge in [0, 0.05) is 33.2 Å². The molecule has 7 heteroatoms. The van der Waals surface area contributed by atoms with Crippen LogP contribution in [0.15, 0.2) is 17.2 Å². The molecule has 5 nitrogen and oxygen atoms in total. The van der Waals surface area contributed by atoms with Gasteiger partial charge in [-0.05, 0) is 52.3 Å². The Bertz CT molecular complexity index is 640. The van der Waals surface area contributed by atoms with Crippen molar-refractivity contribution in [2.75, 3.05) is 6.54 Å². The van der Waals surface area contributed by atoms with Gasteiger partial charge in [-0.3, -0.25) is 4.72 Å². The minimum atomic E-state index is -0.617. The minimum Gasteiger partial charge on any atom is -0.486 e. The Morgan fingerprint density at radius 2 is 2.22 bits per heavy atom. The Morgan fingerprint density at radius 1 is 1.52 bits per heavy atom. The van der Waals surface area contributed by atoms with Crippen molar-refractivity contribution in [3.05, 3.63) is 39.5 Å². The molecule has 0 fully saturated rings. The van der Waals surface area contributed by atoms with Crippen LogP contribution in [0.3, 0.4) is 0 Å². The molecule has 1 unspecified atom stereocenters. The van der Waals surface area contributed by atoms with Crippen molar-refractivity contribution < 1.29 is 9.13 Å². The van der Waals surface area contributed by atoms with E-state index in [1.165, 1.54) is 12.1 Å². The molecule has 0 bridgehead atoms. The third-order valence-electron chi connectivity index (χ3n) is 3.55. The average molecular weight is 338 g/mol. The van der Waals surface area contributed by atoms with E-state index in [1.54, 1.807) is 11.9 Å². The molecule has 0 aromatic heterocycles. The van der Waals surface area contributed by atoms with Crippen LogP contribution in [0, 0.1) is 5.82 Å². The van der Waals surface area contributed by atoms with Gasteiger partial charge in [0.25, 0.3) is 0 Å². The highest BCUT2D eigenvalue weighted by Gasteiger charge is 2.37. The molecule has 1 heterocycles. The highest BCUT2D eigenvalue weighted by Crippen LogP contribution is 2.41. The largest absolute Gasteiger partial charge is 0.486 e. The molecular formula is C16H23FN4OS. The molecule has 1 aliphatic heterocycles. The lowest BCUT2D eigenvalue weighted by Gasteiger charge is -2.25. The summed E-state index contributed by atoms with van der Waals surface area (Å²) in [5, 5.41) is 3.62. The van der Waals surface area contributed by atoms with E-state index in [1.807, 2.05) is 13.8 Å². The predicted molar refractivity (Wildman–Crippen MR) is 92.0 cm³/mol. The third kappa shape index (κ3) is 4.53. The summed E-state index contributed by atoms with van der Waals surface area (Å²) in [5.74, 6) is 0.432. The molecule has 0 aliphatic carbocycles. The Labute approximate surface area is 140 Å². The lowest BCUT2D eigenvalue weighted by Crippen LogP contribution is -2.33. The summed E-state index contributed by atoms with van der Waals surface area (Å²) in [7, 11) is 0. The molecule has 0 saturated heterocycles. The molecule has 2 rings (SSSR count). The second kappa shape index (κ2) is 6.59. The van der Waals surface area contributed by atoms with Gasteiger partial charge in [0.2, 0.25) is 0 Å². The zero-order valence-corrected chi connectivity index (χ0v) is 15.0. The fraction of sp³-hybridized carbons (Fsp3) is 0.625. The van der Waals surface area contributed by atoms with E-state index >= 15 is 0 Å². The summed E-state index contributed by atoms with van der Waals surface area (Å²) < 4.78 is 23.5. The normalized spacial score (nSPS) is 21.3. The van der Waals surface area contributed by atoms with Gasteiger partial charge in [-0.25, -0.2) is 4.39 Å². The van der Waals surface area contributed by atoms with Gasteiger partial charge >= 0.3 is 0 Å². The Kier molecular flexibility index (Phi) is 5.14. The summed E-state index contributed by atoms with van der Waals surface area (Å²) in [6.45, 7) is 10.4. The summed E-state index contributed by atoms with van der Waals surface area (Å²) in [5.41, 5.74) is 9.52. The van der Waals surface area contributed by atoms with Gasteiger partial charge in [0.05, 0.1) is 6.54 Å². The van der Waals surface area contributed by atoms with Crippen LogP contribution >= 0.6 is 11.9 Å². The predicted octanol–water partition coefficient (Wildman–Crippen LogP) is 4.93. The molecule has 126 valence electrons. The summed E-state index contributed by atoms with van der Waals surface area (Å²) in [6, 6.07) is 2.95. The van der Waals surface area contributed by atoms with E-state index in [9.17, 15) is 4.39 Å². The zero-order valence-electron chi connectivity index (χ0n) is 14.2. The first-order chi connectivity index (χ1) is 10.6. The number of hydrogen-bond donors (Lipinski definition) is 1. The van der Waals surface area contributed by atoms with Gasteiger partial charge in [-0.2, -0.15) is 0 Å². The Hall–Kier alpha value is -1.43. The average Bonchev–Trinajstić information content (AvgIpc) is 2.77. The van der Waals surface area contributed by atoms with E-state index in [-0.39, 0.29) is 23.2 Å². The first kappa shape index (κ1) is 17.9. The molecule has 0 radical (unpaired) electrons. The molecule has 1 aromatic rings. The molecule has 0 amide bonds. The minimum absolute atomic E-state index is 0.0572. The summed E-state index contributed by atoms with van der Waals surface area (Å²) in [6.07, 6.45) is 0.533. The van der Waals surface area contributed by atoms with Crippen molar-refractivity contribution >= 4 is 11.9 Å². The summed E-state index contributed by atoms with van der Waals surface area (Å²) >= 11 is 1.61. The van der Waals surface area contributed by atoms with Gasteiger partial charge in [0.1, 0.15) is 17.2 Å². The molecule has 23 heavy (non-hydrogen) atoms. The highest BCUT2D eigenvalue weighted by atomic mass is 32.2. The van der Waals surface area contributed by atoms with Gasteiger partial charge in [-0.1, -0.05) is 17.1 Å². The second-order valence-corrected chi connectivity index (χ2v) is 8.82. The van der Waals surface area contributed by atoms with E-state index in [0.29, 0.717) is 12.2 Å². The van der Waals surface area contributed by atoms with E-state index in [4.69, 9.17) is 10.3 Å². The van der Waals surface area contributed by atoms with Crippen molar-refractivity contribution in [1.29, 1.82) is 0 Å². The number of azide groups is 1. The number of fused-ring (bicyclic) bond motifs is 1. The first-order valence-corrected chi connectivity index (χ1v) is 8.41. The van der Waals surface area contributed by atoms with Crippen LogP contribution in [0.25, 0.3) is 10.4 Å². The first-order valence-electron chi connectivity index (χ1n) is 7.59. The number of nitrogens with zero attached hydrogens (tertiary/aromatic N) is 3. The lowest BCUT2D eigenvalue weighted by atomic mass is 9.97. The number of nitrogens with one attached hydrogen (secondary N) is 1. The van der Waals surface area contributed by atoms with Crippen LogP contribution < -0.4 is 9.46 Å². The van der Waals surface area contributed by atoms with Crippen LogP contribution in [-0.2, 0) is 6.42 Å². The van der Waals surface area contributed by atoms with Crippen molar-refractivity contribution in [3.63, 3.8) is 0 Å². The maximum atomic E-state index is 14.0. The van der Waals surface area contributed by atoms with Crippen LogP contribution in [0.2, 0.25) is 0 Å². The van der Waals surface area contributed by atoms with Crippen LogP contribution in [-0.4, -0.2) is 16.9 Å². The zero-order chi connectivity index (χ0) is 17.3. The SMILES string of the molecule is C[C@@H](NSC(C)(C)C)c1cc(F)cc2c1OC(C)(CN=[N+]=[N-])C2. The molecule has 1 N–H and O–H groups in total. The van der Waals surface area contributed by atoms with Crippen LogP contribution in [0.1, 0.15) is 51.8 Å². The van der Waals surface area contributed by atoms with E-state index < -0.39 is 5.60 Å². The maximum absolute atomic E-state index is 14.0. The quantitative estimate of drug-likeness (QED) is 0.358. The number of halogens is 1.